The number of nitrogens with two attached hydrogens (primary N) is 1. The van der Waals surface area contributed by atoms with Gasteiger partial charge < -0.3 is 10.6 Å². The van der Waals surface area contributed by atoms with Crippen LogP contribution in [0.25, 0.3) is 0 Å². The molecule has 0 atom stereocenters. The number of anilines is 1. The highest BCUT2D eigenvalue weighted by molar-refractivity contribution is 5.94. The molecular formula is C10H15N3O. The van der Waals surface area contributed by atoms with Gasteiger partial charge in [0, 0.05) is 19.3 Å². The third-order valence-electron chi connectivity index (χ3n) is 2.13. The zero-order chi connectivity index (χ0) is 10.7. The SMILES string of the molecule is CC(C)N(C)C(=O)c1ccc(N)nc1. The summed E-state index contributed by atoms with van der Waals surface area (Å²) in [6.45, 7) is 3.92. The fourth-order valence-electron chi connectivity index (χ4n) is 0.970. The van der Waals surface area contributed by atoms with Crippen LogP contribution < -0.4 is 5.73 Å². The van der Waals surface area contributed by atoms with Crippen LogP contribution >= 0.6 is 0 Å². The summed E-state index contributed by atoms with van der Waals surface area (Å²) in [6, 6.07) is 3.49. The van der Waals surface area contributed by atoms with Gasteiger partial charge in [0.05, 0.1) is 5.56 Å². The van der Waals surface area contributed by atoms with Crippen LogP contribution in [0.15, 0.2) is 18.3 Å². The van der Waals surface area contributed by atoms with Gasteiger partial charge in [-0.05, 0) is 26.0 Å². The molecule has 1 heterocycles. The Hall–Kier alpha value is -1.58. The Labute approximate surface area is 83.7 Å². The molecule has 0 aromatic carbocycles. The highest BCUT2D eigenvalue weighted by atomic mass is 16.2. The van der Waals surface area contributed by atoms with Crippen LogP contribution in [0.5, 0.6) is 0 Å². The molecule has 14 heavy (non-hydrogen) atoms. The maximum atomic E-state index is 11.7. The Morgan fingerprint density at radius 1 is 1.50 bits per heavy atom. The average Bonchev–Trinajstić information content (AvgIpc) is 2.16. The van der Waals surface area contributed by atoms with Crippen molar-refractivity contribution in [1.82, 2.24) is 9.88 Å². The van der Waals surface area contributed by atoms with E-state index in [9.17, 15) is 4.79 Å². The number of aromatic nitrogens is 1. The van der Waals surface area contributed by atoms with E-state index < -0.39 is 0 Å². The van der Waals surface area contributed by atoms with E-state index in [1.807, 2.05) is 13.8 Å². The van der Waals surface area contributed by atoms with E-state index in [1.54, 1.807) is 24.1 Å². The summed E-state index contributed by atoms with van der Waals surface area (Å²) >= 11 is 0. The van der Waals surface area contributed by atoms with Crippen LogP contribution in [0.1, 0.15) is 24.2 Å². The van der Waals surface area contributed by atoms with E-state index in [1.165, 1.54) is 6.20 Å². The summed E-state index contributed by atoms with van der Waals surface area (Å²) in [6.07, 6.45) is 1.50. The third-order valence-corrected chi connectivity index (χ3v) is 2.13. The second kappa shape index (κ2) is 4.09. The molecule has 0 unspecified atom stereocenters. The van der Waals surface area contributed by atoms with Gasteiger partial charge in [0.2, 0.25) is 0 Å². The molecule has 1 amide bonds. The van der Waals surface area contributed by atoms with E-state index in [0.717, 1.165) is 0 Å². The Morgan fingerprint density at radius 2 is 2.14 bits per heavy atom. The molecule has 0 saturated carbocycles. The Kier molecular flexibility index (Phi) is 3.06. The number of amides is 1. The van der Waals surface area contributed by atoms with Crippen molar-refractivity contribution in [3.63, 3.8) is 0 Å². The van der Waals surface area contributed by atoms with E-state index in [-0.39, 0.29) is 11.9 Å². The number of nitrogens with zero attached hydrogens (tertiary/aromatic N) is 2. The van der Waals surface area contributed by atoms with Gasteiger partial charge in [-0.1, -0.05) is 0 Å². The molecule has 0 fully saturated rings. The molecule has 0 aliphatic rings. The van der Waals surface area contributed by atoms with Crippen molar-refractivity contribution in [1.29, 1.82) is 0 Å². The zero-order valence-corrected chi connectivity index (χ0v) is 8.69. The first-order valence-corrected chi connectivity index (χ1v) is 4.51. The Bertz CT molecular complexity index is 319. The van der Waals surface area contributed by atoms with Gasteiger partial charge in [0.1, 0.15) is 5.82 Å². The molecule has 0 saturated heterocycles. The molecular weight excluding hydrogens is 178 g/mol. The smallest absolute Gasteiger partial charge is 0.255 e. The van der Waals surface area contributed by atoms with Gasteiger partial charge in [-0.25, -0.2) is 4.98 Å². The molecule has 4 nitrogen and oxygen atoms in total. The van der Waals surface area contributed by atoms with Gasteiger partial charge in [-0.2, -0.15) is 0 Å². The number of nitrogen functional groups attached to an aromatic ring is 1. The summed E-state index contributed by atoms with van der Waals surface area (Å²) in [5.74, 6) is 0.390. The predicted molar refractivity (Wildman–Crippen MR) is 55.9 cm³/mol. The topological polar surface area (TPSA) is 59.2 Å². The largest absolute Gasteiger partial charge is 0.384 e. The predicted octanol–water partition coefficient (Wildman–Crippen LogP) is 1.14. The molecule has 0 bridgehead atoms. The van der Waals surface area contributed by atoms with E-state index in [0.29, 0.717) is 11.4 Å². The number of hydrogen-bond acceptors (Lipinski definition) is 3. The maximum absolute atomic E-state index is 11.7. The minimum Gasteiger partial charge on any atom is -0.384 e. The molecule has 1 rings (SSSR count). The molecule has 4 heteroatoms. The fraction of sp³-hybridized carbons (Fsp3) is 0.400. The third kappa shape index (κ3) is 2.22. The van der Waals surface area contributed by atoms with Crippen LogP contribution in [0.4, 0.5) is 5.82 Å². The highest BCUT2D eigenvalue weighted by Gasteiger charge is 2.13. The van der Waals surface area contributed by atoms with Gasteiger partial charge in [-0.15, -0.1) is 0 Å². The number of rotatable bonds is 2. The molecule has 0 spiro atoms. The van der Waals surface area contributed by atoms with E-state index in [4.69, 9.17) is 5.73 Å². The number of carbonyl (C=O) groups is 1. The average molecular weight is 193 g/mol. The van der Waals surface area contributed by atoms with E-state index in [2.05, 4.69) is 4.98 Å². The second-order valence-corrected chi connectivity index (χ2v) is 3.48. The van der Waals surface area contributed by atoms with Crippen LogP contribution in [0.2, 0.25) is 0 Å². The highest BCUT2D eigenvalue weighted by Crippen LogP contribution is 2.06. The Balaban J connectivity index is 2.84. The lowest BCUT2D eigenvalue weighted by molar-refractivity contribution is 0.0754. The van der Waals surface area contributed by atoms with Gasteiger partial charge in [-0.3, -0.25) is 4.79 Å². The van der Waals surface area contributed by atoms with Crippen molar-refractivity contribution in [3.05, 3.63) is 23.9 Å². The number of pyridine rings is 1. The van der Waals surface area contributed by atoms with Crippen molar-refractivity contribution >= 4 is 11.7 Å². The molecule has 1 aromatic heterocycles. The summed E-state index contributed by atoms with van der Waals surface area (Å²) < 4.78 is 0. The summed E-state index contributed by atoms with van der Waals surface area (Å²) in [5, 5.41) is 0. The van der Waals surface area contributed by atoms with Crippen molar-refractivity contribution in [2.24, 2.45) is 0 Å². The van der Waals surface area contributed by atoms with Crippen molar-refractivity contribution in [2.75, 3.05) is 12.8 Å². The lowest BCUT2D eigenvalue weighted by atomic mass is 10.2. The minimum absolute atomic E-state index is 0.0347. The Morgan fingerprint density at radius 3 is 2.57 bits per heavy atom. The van der Waals surface area contributed by atoms with Crippen LogP contribution in [0, 0.1) is 0 Å². The molecule has 1 aromatic rings. The van der Waals surface area contributed by atoms with Crippen LogP contribution in [-0.2, 0) is 0 Å². The number of hydrogen-bond donors (Lipinski definition) is 1. The quantitative estimate of drug-likeness (QED) is 0.766. The van der Waals surface area contributed by atoms with Crippen LogP contribution in [-0.4, -0.2) is 28.9 Å². The van der Waals surface area contributed by atoms with Gasteiger partial charge >= 0.3 is 0 Å². The lowest BCUT2D eigenvalue weighted by Gasteiger charge is -2.21. The number of carbonyl (C=O) groups excluding carboxylic acids is 1. The summed E-state index contributed by atoms with van der Waals surface area (Å²) in [7, 11) is 1.77. The lowest BCUT2D eigenvalue weighted by Crippen LogP contribution is -2.33. The van der Waals surface area contributed by atoms with Crippen LogP contribution in [0.3, 0.4) is 0 Å². The standard InChI is InChI=1S/C10H15N3O/c1-7(2)13(3)10(14)8-4-5-9(11)12-6-8/h4-7H,1-3H3,(H2,11,12). The molecule has 76 valence electrons. The monoisotopic (exact) mass is 193 g/mol. The van der Waals surface area contributed by atoms with Gasteiger partial charge in [0.15, 0.2) is 0 Å². The summed E-state index contributed by atoms with van der Waals surface area (Å²) in [4.78, 5) is 17.3. The zero-order valence-electron chi connectivity index (χ0n) is 8.69. The first-order chi connectivity index (χ1) is 6.52. The first kappa shape index (κ1) is 10.5. The molecule has 2 N–H and O–H groups in total. The van der Waals surface area contributed by atoms with Crippen molar-refractivity contribution in [2.45, 2.75) is 19.9 Å². The van der Waals surface area contributed by atoms with Gasteiger partial charge in [0.25, 0.3) is 5.91 Å². The van der Waals surface area contributed by atoms with Crippen molar-refractivity contribution < 1.29 is 4.79 Å². The summed E-state index contributed by atoms with van der Waals surface area (Å²) in [5.41, 5.74) is 5.99. The molecule has 0 aliphatic carbocycles. The van der Waals surface area contributed by atoms with Crippen molar-refractivity contribution in [3.8, 4) is 0 Å². The second-order valence-electron chi connectivity index (χ2n) is 3.48. The molecule has 0 aliphatic heterocycles. The molecule has 0 radical (unpaired) electrons. The minimum atomic E-state index is -0.0347. The first-order valence-electron chi connectivity index (χ1n) is 4.51. The van der Waals surface area contributed by atoms with E-state index >= 15 is 0 Å². The fourth-order valence-corrected chi connectivity index (χ4v) is 0.970. The maximum Gasteiger partial charge on any atom is 0.255 e. The normalized spacial score (nSPS) is 10.3.